The van der Waals surface area contributed by atoms with Crippen LogP contribution >= 0.6 is 11.6 Å². The smallest absolute Gasteiger partial charge is 0.255 e. The van der Waals surface area contributed by atoms with Crippen LogP contribution in [0.4, 0.5) is 5.69 Å². The van der Waals surface area contributed by atoms with Crippen molar-refractivity contribution >= 4 is 44.3 Å². The van der Waals surface area contributed by atoms with Crippen LogP contribution in [-0.2, 0) is 10.0 Å². The first-order chi connectivity index (χ1) is 10.5. The Kier molecular flexibility index (Phi) is 3.87. The van der Waals surface area contributed by atoms with Gasteiger partial charge in [0.1, 0.15) is 0 Å². The maximum Gasteiger partial charge on any atom is 0.255 e. The molecule has 0 fully saturated rings. The minimum atomic E-state index is -3.62. The van der Waals surface area contributed by atoms with Crippen LogP contribution in [-0.4, -0.2) is 18.6 Å². The molecule has 0 spiro atoms. The molecule has 0 aliphatic carbocycles. The molecule has 0 aliphatic heterocycles. The minimum absolute atomic E-state index is 0.454. The first-order valence-electron chi connectivity index (χ1n) is 6.42. The highest BCUT2D eigenvalue weighted by Gasteiger charge is 2.09. The molecule has 0 saturated heterocycles. The molecule has 0 aliphatic rings. The van der Waals surface area contributed by atoms with Crippen molar-refractivity contribution < 1.29 is 8.42 Å². The minimum Gasteiger partial charge on any atom is -0.278 e. The maximum absolute atomic E-state index is 12.1. The lowest BCUT2D eigenvalue weighted by Crippen LogP contribution is -2.09. The molecule has 0 unspecified atom stereocenters. The number of H-pyrrole nitrogens is 1. The Hall–Kier alpha value is -2.31. The van der Waals surface area contributed by atoms with Crippen LogP contribution in [0.3, 0.4) is 0 Å². The lowest BCUT2D eigenvalue weighted by Gasteiger charge is -2.05. The fraction of sp³-hybridized carbons (Fsp3) is 0. The number of aromatic amines is 1. The molecule has 22 heavy (non-hydrogen) atoms. The molecule has 0 saturated carbocycles. The standard InChI is InChI=1S/C15H12ClN3O2S/c16-13-6-4-11(5-7-13)8-9-22(20,21)19-14-3-1-2-12-10-17-18-15(12)14/h1-10,19H,(H,17,18)/b9-8+. The third kappa shape index (κ3) is 3.29. The van der Waals surface area contributed by atoms with E-state index in [9.17, 15) is 8.42 Å². The zero-order valence-electron chi connectivity index (χ0n) is 11.3. The Balaban J connectivity index is 1.84. The second-order valence-corrected chi connectivity index (χ2v) is 6.64. The highest BCUT2D eigenvalue weighted by molar-refractivity contribution is 7.95. The zero-order valence-corrected chi connectivity index (χ0v) is 12.9. The summed E-state index contributed by atoms with van der Waals surface area (Å²) in [4.78, 5) is 0. The SMILES string of the molecule is O=S(=O)(/C=C/c1ccc(Cl)cc1)Nc1cccc2cn[nH]c12. The van der Waals surface area contributed by atoms with Gasteiger partial charge in [0.2, 0.25) is 0 Å². The van der Waals surface area contributed by atoms with Crippen molar-refractivity contribution in [1.82, 2.24) is 10.2 Å². The monoisotopic (exact) mass is 333 g/mol. The molecule has 0 atom stereocenters. The van der Waals surface area contributed by atoms with E-state index in [2.05, 4.69) is 14.9 Å². The second kappa shape index (κ2) is 5.82. The van der Waals surface area contributed by atoms with Gasteiger partial charge in [-0.2, -0.15) is 5.10 Å². The Labute approximate surface area is 132 Å². The van der Waals surface area contributed by atoms with Crippen LogP contribution in [0, 0.1) is 0 Å². The second-order valence-electron chi connectivity index (χ2n) is 4.64. The number of sulfonamides is 1. The Morgan fingerprint density at radius 3 is 2.68 bits per heavy atom. The predicted octanol–water partition coefficient (Wildman–Crippen LogP) is 3.63. The van der Waals surface area contributed by atoms with Crippen molar-refractivity contribution in [1.29, 1.82) is 0 Å². The number of para-hydroxylation sites is 1. The molecule has 0 radical (unpaired) electrons. The summed E-state index contributed by atoms with van der Waals surface area (Å²) in [5, 5.41) is 9.23. The molecule has 5 nitrogen and oxygen atoms in total. The number of hydrogen-bond donors (Lipinski definition) is 2. The molecule has 2 N–H and O–H groups in total. The van der Waals surface area contributed by atoms with E-state index in [1.165, 1.54) is 6.08 Å². The third-order valence-corrected chi connectivity index (χ3v) is 4.29. The molecule has 0 bridgehead atoms. The van der Waals surface area contributed by atoms with Gasteiger partial charge in [0.15, 0.2) is 0 Å². The van der Waals surface area contributed by atoms with Gasteiger partial charge in [-0.05, 0) is 29.8 Å². The van der Waals surface area contributed by atoms with Gasteiger partial charge < -0.3 is 0 Å². The van der Waals surface area contributed by atoms with Crippen LogP contribution in [0.15, 0.2) is 54.1 Å². The first kappa shape index (κ1) is 14.6. The van der Waals surface area contributed by atoms with Crippen molar-refractivity contribution in [2.75, 3.05) is 4.72 Å². The molecule has 0 amide bonds. The van der Waals surface area contributed by atoms with Gasteiger partial charge >= 0.3 is 0 Å². The van der Waals surface area contributed by atoms with Crippen LogP contribution in [0.5, 0.6) is 0 Å². The van der Waals surface area contributed by atoms with Crippen LogP contribution < -0.4 is 4.72 Å². The normalized spacial score (nSPS) is 12.0. The molecule has 3 aromatic rings. The average Bonchev–Trinajstić information content (AvgIpc) is 2.96. The number of halogens is 1. The van der Waals surface area contributed by atoms with Crippen molar-refractivity contribution in [2.24, 2.45) is 0 Å². The van der Waals surface area contributed by atoms with Crippen LogP contribution in [0.1, 0.15) is 5.56 Å². The Morgan fingerprint density at radius 1 is 1.14 bits per heavy atom. The fourth-order valence-corrected chi connectivity index (χ4v) is 2.99. The van der Waals surface area contributed by atoms with Gasteiger partial charge in [0.05, 0.1) is 22.8 Å². The van der Waals surface area contributed by atoms with E-state index >= 15 is 0 Å². The predicted molar refractivity (Wildman–Crippen MR) is 89.1 cm³/mol. The summed E-state index contributed by atoms with van der Waals surface area (Å²) in [6.45, 7) is 0. The number of rotatable bonds is 4. The van der Waals surface area contributed by atoms with Crippen molar-refractivity contribution in [2.45, 2.75) is 0 Å². The van der Waals surface area contributed by atoms with Gasteiger partial charge in [-0.15, -0.1) is 0 Å². The quantitative estimate of drug-likeness (QED) is 0.765. The Morgan fingerprint density at radius 2 is 1.91 bits per heavy atom. The molecular weight excluding hydrogens is 322 g/mol. The van der Waals surface area contributed by atoms with Gasteiger partial charge in [-0.1, -0.05) is 35.9 Å². The number of hydrogen-bond acceptors (Lipinski definition) is 3. The zero-order chi connectivity index (χ0) is 15.6. The molecule has 7 heteroatoms. The lowest BCUT2D eigenvalue weighted by molar-refractivity contribution is 0.609. The van der Waals surface area contributed by atoms with Crippen molar-refractivity contribution in [3.8, 4) is 0 Å². The summed E-state index contributed by atoms with van der Waals surface area (Å²) in [5.41, 5.74) is 1.84. The van der Waals surface area contributed by atoms with Crippen molar-refractivity contribution in [3.05, 3.63) is 64.7 Å². The number of nitrogens with zero attached hydrogens (tertiary/aromatic N) is 1. The summed E-state index contributed by atoms with van der Waals surface area (Å²) in [6.07, 6.45) is 3.14. The van der Waals surface area contributed by atoms with Crippen molar-refractivity contribution in [3.63, 3.8) is 0 Å². The van der Waals surface area contributed by atoms with E-state index in [0.29, 0.717) is 16.2 Å². The molecular formula is C15H12ClN3O2S. The van der Waals surface area contributed by atoms with Gasteiger partial charge in [0, 0.05) is 10.4 Å². The van der Waals surface area contributed by atoms with Gasteiger partial charge in [-0.3, -0.25) is 9.82 Å². The summed E-state index contributed by atoms with van der Waals surface area (Å²) < 4.78 is 26.8. The fourth-order valence-electron chi connectivity index (χ4n) is 1.98. The van der Waals surface area contributed by atoms with Crippen LogP contribution in [0.25, 0.3) is 17.0 Å². The number of fused-ring (bicyclic) bond motifs is 1. The number of benzene rings is 2. The summed E-state index contributed by atoms with van der Waals surface area (Å²) >= 11 is 5.79. The molecule has 3 rings (SSSR count). The average molecular weight is 334 g/mol. The van der Waals surface area contributed by atoms with E-state index in [4.69, 9.17) is 11.6 Å². The largest absolute Gasteiger partial charge is 0.278 e. The summed E-state index contributed by atoms with van der Waals surface area (Å²) in [7, 11) is -3.62. The van der Waals surface area contributed by atoms with Crippen LogP contribution in [0.2, 0.25) is 5.02 Å². The molecule has 1 aromatic heterocycles. The first-order valence-corrected chi connectivity index (χ1v) is 8.34. The summed E-state index contributed by atoms with van der Waals surface area (Å²) in [6, 6.07) is 12.2. The van der Waals surface area contributed by atoms with Gasteiger partial charge in [0.25, 0.3) is 10.0 Å². The third-order valence-electron chi connectivity index (χ3n) is 3.04. The summed E-state index contributed by atoms with van der Waals surface area (Å²) in [5.74, 6) is 0. The van der Waals surface area contributed by atoms with E-state index < -0.39 is 10.0 Å². The highest BCUT2D eigenvalue weighted by Crippen LogP contribution is 2.22. The number of aromatic nitrogens is 2. The molecule has 112 valence electrons. The van der Waals surface area contributed by atoms with Gasteiger partial charge in [-0.25, -0.2) is 8.42 Å². The molecule has 1 heterocycles. The Bertz CT molecular complexity index is 931. The number of anilines is 1. The van der Waals surface area contributed by atoms with E-state index in [1.54, 1.807) is 42.6 Å². The molecule has 2 aromatic carbocycles. The van der Waals surface area contributed by atoms with E-state index in [1.807, 2.05) is 6.07 Å². The topological polar surface area (TPSA) is 74.8 Å². The lowest BCUT2D eigenvalue weighted by atomic mass is 10.2. The number of nitrogens with one attached hydrogen (secondary N) is 2. The van der Waals surface area contributed by atoms with E-state index in [0.717, 1.165) is 16.4 Å². The maximum atomic E-state index is 12.1. The highest BCUT2D eigenvalue weighted by atomic mass is 35.5. The van der Waals surface area contributed by atoms with E-state index in [-0.39, 0.29) is 0 Å².